The molecule has 0 spiro atoms. The van der Waals surface area contributed by atoms with Crippen molar-refractivity contribution in [3.63, 3.8) is 0 Å². The molecule has 1 saturated carbocycles. The SMILES string of the molecule is CC(N)c1oc(-c2ccc(OC(F)F)c(OCC3CC3)c2)nc1C(=O)N1CCNC(C(=O)O)C1.Cl.Cl. The minimum atomic E-state index is -3.02. The molecule has 1 aromatic carbocycles. The lowest BCUT2D eigenvalue weighted by molar-refractivity contribution is -0.140. The van der Waals surface area contributed by atoms with E-state index < -0.39 is 30.6 Å². The van der Waals surface area contributed by atoms with Crippen LogP contribution >= 0.6 is 24.8 Å². The molecule has 14 heteroatoms. The van der Waals surface area contributed by atoms with Crippen LogP contribution in [0.5, 0.6) is 11.5 Å². The van der Waals surface area contributed by atoms with E-state index >= 15 is 0 Å². The number of carbonyl (C=O) groups is 2. The summed E-state index contributed by atoms with van der Waals surface area (Å²) >= 11 is 0. The van der Waals surface area contributed by atoms with Gasteiger partial charge in [0, 0.05) is 25.2 Å². The van der Waals surface area contributed by atoms with Crippen molar-refractivity contribution in [2.24, 2.45) is 11.7 Å². The van der Waals surface area contributed by atoms with Crippen LogP contribution in [-0.4, -0.2) is 65.8 Å². The summed E-state index contributed by atoms with van der Waals surface area (Å²) in [4.78, 5) is 30.2. The van der Waals surface area contributed by atoms with Crippen LogP contribution in [0.1, 0.15) is 42.1 Å². The van der Waals surface area contributed by atoms with Gasteiger partial charge in [-0.15, -0.1) is 24.8 Å². The predicted molar refractivity (Wildman–Crippen MR) is 129 cm³/mol. The smallest absolute Gasteiger partial charge is 0.387 e. The molecule has 36 heavy (non-hydrogen) atoms. The van der Waals surface area contributed by atoms with Gasteiger partial charge in [0.1, 0.15) is 6.04 Å². The van der Waals surface area contributed by atoms with Crippen LogP contribution in [0.15, 0.2) is 22.6 Å². The summed E-state index contributed by atoms with van der Waals surface area (Å²) in [7, 11) is 0. The summed E-state index contributed by atoms with van der Waals surface area (Å²) in [6, 6.07) is 2.70. The third-order valence-electron chi connectivity index (χ3n) is 5.61. The Hall–Kier alpha value is -2.67. The van der Waals surface area contributed by atoms with Crippen molar-refractivity contribution >= 4 is 36.7 Å². The summed E-state index contributed by atoms with van der Waals surface area (Å²) < 4.78 is 41.7. The highest BCUT2D eigenvalue weighted by atomic mass is 35.5. The lowest BCUT2D eigenvalue weighted by Crippen LogP contribution is -2.55. The molecule has 2 aliphatic rings. The molecule has 1 aromatic heterocycles. The molecule has 1 aliphatic carbocycles. The number of halogens is 4. The van der Waals surface area contributed by atoms with E-state index in [9.17, 15) is 23.5 Å². The molecule has 2 unspecified atom stereocenters. The van der Waals surface area contributed by atoms with Crippen LogP contribution in [0.25, 0.3) is 11.5 Å². The van der Waals surface area contributed by atoms with Gasteiger partial charge in [0.15, 0.2) is 23.0 Å². The Morgan fingerprint density at radius 3 is 2.64 bits per heavy atom. The molecule has 4 rings (SSSR count). The summed E-state index contributed by atoms with van der Waals surface area (Å²) in [5.41, 5.74) is 6.37. The summed E-state index contributed by atoms with van der Waals surface area (Å²) in [6.07, 6.45) is 2.03. The number of ether oxygens (including phenoxy) is 2. The molecule has 2 fully saturated rings. The van der Waals surface area contributed by atoms with Gasteiger partial charge in [-0.05, 0) is 43.9 Å². The van der Waals surface area contributed by atoms with Gasteiger partial charge in [0.25, 0.3) is 5.91 Å². The molecule has 10 nitrogen and oxygen atoms in total. The van der Waals surface area contributed by atoms with Crippen molar-refractivity contribution in [1.82, 2.24) is 15.2 Å². The van der Waals surface area contributed by atoms with E-state index in [1.54, 1.807) is 6.92 Å². The fourth-order valence-electron chi connectivity index (χ4n) is 3.61. The van der Waals surface area contributed by atoms with E-state index in [1.807, 2.05) is 0 Å². The maximum absolute atomic E-state index is 13.2. The molecule has 2 aromatic rings. The first-order valence-corrected chi connectivity index (χ1v) is 11.0. The van der Waals surface area contributed by atoms with Crippen LogP contribution in [0.3, 0.4) is 0 Å². The highest BCUT2D eigenvalue weighted by molar-refractivity contribution is 5.94. The Balaban J connectivity index is 0.00000228. The number of alkyl halides is 2. The monoisotopic (exact) mass is 552 g/mol. The van der Waals surface area contributed by atoms with E-state index in [4.69, 9.17) is 14.9 Å². The molecule has 1 saturated heterocycles. The third-order valence-corrected chi connectivity index (χ3v) is 5.61. The Bertz CT molecular complexity index is 1070. The zero-order valence-electron chi connectivity index (χ0n) is 19.3. The van der Waals surface area contributed by atoms with Crippen molar-refractivity contribution in [2.75, 3.05) is 26.2 Å². The van der Waals surface area contributed by atoms with Crippen LogP contribution < -0.4 is 20.5 Å². The molecule has 0 radical (unpaired) electrons. The molecule has 1 amide bonds. The average Bonchev–Trinajstić information content (AvgIpc) is 3.52. The maximum Gasteiger partial charge on any atom is 0.387 e. The third kappa shape index (κ3) is 6.96. The van der Waals surface area contributed by atoms with Gasteiger partial charge >= 0.3 is 12.6 Å². The van der Waals surface area contributed by atoms with Crippen LogP contribution in [0.4, 0.5) is 8.78 Å². The Labute approximate surface area is 218 Å². The van der Waals surface area contributed by atoms with Gasteiger partial charge in [-0.3, -0.25) is 9.59 Å². The molecule has 2 atom stereocenters. The van der Waals surface area contributed by atoms with Gasteiger partial charge < -0.3 is 34.9 Å². The number of aromatic nitrogens is 1. The van der Waals surface area contributed by atoms with Gasteiger partial charge in [-0.2, -0.15) is 8.78 Å². The fourth-order valence-corrected chi connectivity index (χ4v) is 3.61. The maximum atomic E-state index is 13.2. The minimum Gasteiger partial charge on any atom is -0.489 e. The number of aliphatic carboxylic acids is 1. The number of nitrogens with zero attached hydrogens (tertiary/aromatic N) is 2. The largest absolute Gasteiger partial charge is 0.489 e. The van der Waals surface area contributed by atoms with Crippen molar-refractivity contribution in [3.05, 3.63) is 29.7 Å². The zero-order chi connectivity index (χ0) is 24.4. The Morgan fingerprint density at radius 2 is 2.03 bits per heavy atom. The van der Waals surface area contributed by atoms with Gasteiger partial charge in [0.2, 0.25) is 5.89 Å². The number of carboxylic acid groups (broad SMARTS) is 1. The molecule has 2 heterocycles. The highest BCUT2D eigenvalue weighted by Crippen LogP contribution is 2.37. The van der Waals surface area contributed by atoms with E-state index in [0.717, 1.165) is 12.8 Å². The Kier molecular flexibility index (Phi) is 10.3. The molecular formula is C22H28Cl2F2N4O6. The van der Waals surface area contributed by atoms with Crippen molar-refractivity contribution in [2.45, 2.75) is 38.5 Å². The number of rotatable bonds is 9. The normalized spacial score (nSPS) is 18.1. The molecule has 4 N–H and O–H groups in total. The summed E-state index contributed by atoms with van der Waals surface area (Å²) in [6.45, 7) is -0.442. The molecule has 1 aliphatic heterocycles. The number of oxazole rings is 1. The first-order valence-electron chi connectivity index (χ1n) is 11.0. The topological polar surface area (TPSA) is 140 Å². The molecular weight excluding hydrogens is 525 g/mol. The molecule has 0 bridgehead atoms. The number of nitrogens with two attached hydrogens (primary N) is 1. The van der Waals surface area contributed by atoms with Gasteiger partial charge in [-0.25, -0.2) is 4.98 Å². The first kappa shape index (κ1) is 29.6. The number of hydrogen-bond donors (Lipinski definition) is 3. The molecule has 200 valence electrons. The zero-order valence-corrected chi connectivity index (χ0v) is 20.9. The predicted octanol–water partition coefficient (Wildman–Crippen LogP) is 3.09. The second kappa shape index (κ2) is 12.5. The Morgan fingerprint density at radius 1 is 1.31 bits per heavy atom. The number of carboxylic acids is 1. The van der Waals surface area contributed by atoms with Crippen LogP contribution in [0, 0.1) is 5.92 Å². The lowest BCUT2D eigenvalue weighted by Gasteiger charge is -2.31. The number of piperazine rings is 1. The van der Waals surface area contributed by atoms with E-state index in [1.165, 1.54) is 23.1 Å². The number of hydrogen-bond acceptors (Lipinski definition) is 8. The van der Waals surface area contributed by atoms with Crippen molar-refractivity contribution < 1.29 is 37.4 Å². The summed E-state index contributed by atoms with van der Waals surface area (Å²) in [5, 5.41) is 12.1. The van der Waals surface area contributed by atoms with Crippen molar-refractivity contribution in [3.8, 4) is 23.0 Å². The number of benzene rings is 1. The number of nitrogens with one attached hydrogen (secondary N) is 1. The van der Waals surface area contributed by atoms with E-state index in [0.29, 0.717) is 31.2 Å². The number of carbonyl (C=O) groups excluding carboxylic acids is 1. The lowest BCUT2D eigenvalue weighted by atomic mass is 10.1. The van der Waals surface area contributed by atoms with Gasteiger partial charge in [0.05, 0.1) is 12.6 Å². The van der Waals surface area contributed by atoms with E-state index in [2.05, 4.69) is 15.0 Å². The van der Waals surface area contributed by atoms with Crippen molar-refractivity contribution in [1.29, 1.82) is 0 Å². The van der Waals surface area contributed by atoms with E-state index in [-0.39, 0.29) is 60.2 Å². The van der Waals surface area contributed by atoms with Gasteiger partial charge in [-0.1, -0.05) is 0 Å². The summed E-state index contributed by atoms with van der Waals surface area (Å²) in [5.74, 6) is -0.986. The van der Waals surface area contributed by atoms with Crippen LogP contribution in [-0.2, 0) is 4.79 Å². The quantitative estimate of drug-likeness (QED) is 0.427. The standard InChI is InChI=1S/C22H26F2N4O6.2ClH/c1-11(25)18-17(20(29)28-7-6-26-14(9-28)21(30)31)27-19(34-18)13-4-5-15(33-22(23)24)16(8-13)32-10-12-2-3-12;;/h4-5,8,11-12,14,22,26H,2-3,6-7,9-10,25H2,1H3,(H,30,31);2*1H. The fraction of sp³-hybridized carbons (Fsp3) is 0.500. The first-order chi connectivity index (χ1) is 16.2. The second-order valence-corrected chi connectivity index (χ2v) is 8.41. The van der Waals surface area contributed by atoms with Crippen LogP contribution in [0.2, 0.25) is 0 Å². The number of amides is 1. The minimum absolute atomic E-state index is 0. The average molecular weight is 553 g/mol. The second-order valence-electron chi connectivity index (χ2n) is 8.41. The highest BCUT2D eigenvalue weighted by Gasteiger charge is 2.33.